The maximum Gasteiger partial charge on any atom is 0.252 e. The van der Waals surface area contributed by atoms with Crippen LogP contribution in [0.3, 0.4) is 0 Å². The molecule has 0 aliphatic carbocycles. The number of nitrogens with one attached hydrogen (secondary N) is 2. The van der Waals surface area contributed by atoms with Gasteiger partial charge in [-0.1, -0.05) is 62.7 Å². The first-order valence-corrected chi connectivity index (χ1v) is 10.4. The van der Waals surface area contributed by atoms with E-state index in [2.05, 4.69) is 24.5 Å². The zero-order valence-corrected chi connectivity index (χ0v) is 16.9. The van der Waals surface area contributed by atoms with Crippen LogP contribution < -0.4 is 10.6 Å². The van der Waals surface area contributed by atoms with Crippen LogP contribution in [0.5, 0.6) is 0 Å². The Balaban J connectivity index is 2.18. The van der Waals surface area contributed by atoms with Gasteiger partial charge in [-0.05, 0) is 37.1 Å². The number of amides is 2. The smallest absolute Gasteiger partial charge is 0.252 e. The van der Waals surface area contributed by atoms with Crippen molar-refractivity contribution in [2.75, 3.05) is 13.1 Å². The van der Waals surface area contributed by atoms with E-state index in [-0.39, 0.29) is 11.8 Å². The Morgan fingerprint density at radius 1 is 0.741 bits per heavy atom. The summed E-state index contributed by atoms with van der Waals surface area (Å²) in [6, 6.07) is 15.0. The van der Waals surface area contributed by atoms with E-state index >= 15 is 0 Å². The van der Waals surface area contributed by atoms with Gasteiger partial charge in [-0.3, -0.25) is 9.59 Å². The first-order valence-electron chi connectivity index (χ1n) is 9.59. The van der Waals surface area contributed by atoms with Crippen LogP contribution in [0.2, 0.25) is 0 Å². The lowest BCUT2D eigenvalue weighted by atomic mass is 10.2. The van der Waals surface area contributed by atoms with Crippen LogP contribution in [0.15, 0.2) is 58.3 Å². The highest BCUT2D eigenvalue weighted by atomic mass is 32.2. The molecule has 2 amide bonds. The van der Waals surface area contributed by atoms with Gasteiger partial charge in [0.25, 0.3) is 11.8 Å². The lowest BCUT2D eigenvalue weighted by molar-refractivity contribution is 0.0942. The average molecular weight is 385 g/mol. The SMILES string of the molecule is CCCCNC(=O)c1ccccc1Sc1ccccc1C(=O)NCCCC. The molecule has 0 bridgehead atoms. The lowest BCUT2D eigenvalue weighted by Crippen LogP contribution is -2.25. The number of carbonyl (C=O) groups is 2. The summed E-state index contributed by atoms with van der Waals surface area (Å²) >= 11 is 1.45. The van der Waals surface area contributed by atoms with E-state index in [1.165, 1.54) is 11.8 Å². The van der Waals surface area contributed by atoms with E-state index < -0.39 is 0 Å². The third-order valence-corrected chi connectivity index (χ3v) is 5.27. The van der Waals surface area contributed by atoms with E-state index in [9.17, 15) is 9.59 Å². The largest absolute Gasteiger partial charge is 0.352 e. The summed E-state index contributed by atoms with van der Waals surface area (Å²) in [5.41, 5.74) is 1.28. The zero-order chi connectivity index (χ0) is 19.5. The molecule has 2 aromatic rings. The van der Waals surface area contributed by atoms with E-state index in [0.717, 1.165) is 35.5 Å². The molecule has 2 N–H and O–H groups in total. The summed E-state index contributed by atoms with van der Waals surface area (Å²) in [5, 5.41) is 5.93. The van der Waals surface area contributed by atoms with E-state index in [4.69, 9.17) is 0 Å². The Morgan fingerprint density at radius 3 is 1.56 bits per heavy atom. The molecule has 0 heterocycles. The molecule has 0 atom stereocenters. The summed E-state index contributed by atoms with van der Waals surface area (Å²) in [5.74, 6) is -0.146. The number of hydrogen-bond acceptors (Lipinski definition) is 3. The predicted octanol–water partition coefficient (Wildman–Crippen LogP) is 4.90. The second-order valence-electron chi connectivity index (χ2n) is 6.31. The number of unbranched alkanes of at least 4 members (excludes halogenated alkanes) is 2. The van der Waals surface area contributed by atoms with Gasteiger partial charge in [-0.25, -0.2) is 0 Å². The van der Waals surface area contributed by atoms with Crippen molar-refractivity contribution >= 4 is 23.6 Å². The zero-order valence-electron chi connectivity index (χ0n) is 16.1. The molecular weight excluding hydrogens is 356 g/mol. The second-order valence-corrected chi connectivity index (χ2v) is 7.40. The van der Waals surface area contributed by atoms with Crippen molar-refractivity contribution in [3.05, 3.63) is 59.7 Å². The number of benzene rings is 2. The maximum atomic E-state index is 12.5. The Bertz CT molecular complexity index is 698. The Kier molecular flexibility index (Phi) is 8.92. The van der Waals surface area contributed by atoms with Crippen molar-refractivity contribution in [2.45, 2.75) is 49.3 Å². The summed E-state index contributed by atoms with van der Waals surface area (Å²) in [6.07, 6.45) is 4.00. The first kappa shape index (κ1) is 21.0. The standard InChI is InChI=1S/C22H28N2O2S/c1-3-5-15-23-21(25)17-11-7-9-13-19(17)27-20-14-10-8-12-18(20)22(26)24-16-6-4-2/h7-14H,3-6,15-16H2,1-2H3,(H,23,25)(H,24,26). The molecular formula is C22H28N2O2S. The van der Waals surface area contributed by atoms with E-state index in [0.29, 0.717) is 24.2 Å². The fourth-order valence-corrected chi connectivity index (χ4v) is 3.62. The second kappa shape index (κ2) is 11.4. The number of rotatable bonds is 10. The molecule has 0 aromatic heterocycles. The Hall–Kier alpha value is -2.27. The topological polar surface area (TPSA) is 58.2 Å². The van der Waals surface area contributed by atoms with Crippen LogP contribution in [-0.4, -0.2) is 24.9 Å². The molecule has 5 heteroatoms. The summed E-state index contributed by atoms with van der Waals surface area (Å²) in [4.78, 5) is 26.7. The molecule has 0 radical (unpaired) electrons. The maximum absolute atomic E-state index is 12.5. The molecule has 2 aromatic carbocycles. The van der Waals surface area contributed by atoms with Gasteiger partial charge in [-0.2, -0.15) is 0 Å². The molecule has 0 saturated heterocycles. The minimum atomic E-state index is -0.0728. The molecule has 0 unspecified atom stereocenters. The first-order chi connectivity index (χ1) is 13.2. The third kappa shape index (κ3) is 6.43. The van der Waals surface area contributed by atoms with Crippen molar-refractivity contribution in [1.29, 1.82) is 0 Å². The van der Waals surface area contributed by atoms with Gasteiger partial charge in [0.05, 0.1) is 11.1 Å². The van der Waals surface area contributed by atoms with E-state index in [1.54, 1.807) is 0 Å². The van der Waals surface area contributed by atoms with Gasteiger partial charge < -0.3 is 10.6 Å². The summed E-state index contributed by atoms with van der Waals surface area (Å²) in [7, 11) is 0. The van der Waals surface area contributed by atoms with E-state index in [1.807, 2.05) is 48.5 Å². The van der Waals surface area contributed by atoms with Crippen LogP contribution in [-0.2, 0) is 0 Å². The van der Waals surface area contributed by atoms with Crippen molar-refractivity contribution in [1.82, 2.24) is 10.6 Å². The van der Waals surface area contributed by atoms with Gasteiger partial charge in [0.2, 0.25) is 0 Å². The van der Waals surface area contributed by atoms with Gasteiger partial charge in [0, 0.05) is 22.9 Å². The summed E-state index contributed by atoms with van der Waals surface area (Å²) in [6.45, 7) is 5.53. The van der Waals surface area contributed by atoms with Gasteiger partial charge in [-0.15, -0.1) is 0 Å². The van der Waals surface area contributed by atoms with Crippen molar-refractivity contribution in [2.24, 2.45) is 0 Å². The molecule has 0 saturated carbocycles. The molecule has 2 rings (SSSR count). The minimum Gasteiger partial charge on any atom is -0.352 e. The van der Waals surface area contributed by atoms with Crippen LogP contribution in [0.1, 0.15) is 60.2 Å². The quantitative estimate of drug-likeness (QED) is 0.573. The highest BCUT2D eigenvalue weighted by Gasteiger charge is 2.15. The molecule has 144 valence electrons. The normalized spacial score (nSPS) is 10.4. The fraction of sp³-hybridized carbons (Fsp3) is 0.364. The van der Waals surface area contributed by atoms with Gasteiger partial charge in [0.1, 0.15) is 0 Å². The monoisotopic (exact) mass is 384 g/mol. The molecule has 27 heavy (non-hydrogen) atoms. The highest BCUT2D eigenvalue weighted by Crippen LogP contribution is 2.32. The summed E-state index contributed by atoms with van der Waals surface area (Å²) < 4.78 is 0. The fourth-order valence-electron chi connectivity index (χ4n) is 2.55. The molecule has 0 aliphatic rings. The van der Waals surface area contributed by atoms with Gasteiger partial charge in [0.15, 0.2) is 0 Å². The molecule has 0 spiro atoms. The highest BCUT2D eigenvalue weighted by molar-refractivity contribution is 7.99. The van der Waals surface area contributed by atoms with Crippen LogP contribution in [0.25, 0.3) is 0 Å². The van der Waals surface area contributed by atoms with Crippen molar-refractivity contribution in [3.8, 4) is 0 Å². The van der Waals surface area contributed by atoms with Gasteiger partial charge >= 0.3 is 0 Å². The Labute approximate surface area is 166 Å². The average Bonchev–Trinajstić information content (AvgIpc) is 2.69. The molecule has 0 fully saturated rings. The Morgan fingerprint density at radius 2 is 1.15 bits per heavy atom. The van der Waals surface area contributed by atoms with Crippen LogP contribution in [0, 0.1) is 0 Å². The predicted molar refractivity (Wildman–Crippen MR) is 111 cm³/mol. The number of hydrogen-bond donors (Lipinski definition) is 2. The van der Waals surface area contributed by atoms with Crippen molar-refractivity contribution in [3.63, 3.8) is 0 Å². The lowest BCUT2D eigenvalue weighted by Gasteiger charge is -2.12. The van der Waals surface area contributed by atoms with Crippen LogP contribution in [0.4, 0.5) is 0 Å². The van der Waals surface area contributed by atoms with Crippen LogP contribution >= 0.6 is 11.8 Å². The third-order valence-electron chi connectivity index (χ3n) is 4.12. The molecule has 4 nitrogen and oxygen atoms in total. The molecule has 0 aliphatic heterocycles. The number of carbonyl (C=O) groups excluding carboxylic acids is 2. The van der Waals surface area contributed by atoms with Crippen molar-refractivity contribution < 1.29 is 9.59 Å². The minimum absolute atomic E-state index is 0.0728.